The van der Waals surface area contributed by atoms with E-state index >= 15 is 0 Å². The van der Waals surface area contributed by atoms with Crippen LogP contribution >= 0.6 is 0 Å². The summed E-state index contributed by atoms with van der Waals surface area (Å²) in [6.07, 6.45) is 0.000748. The molecule has 0 saturated heterocycles. The quantitative estimate of drug-likeness (QED) is 0.261. The van der Waals surface area contributed by atoms with Crippen LogP contribution in [0.3, 0.4) is 0 Å². The van der Waals surface area contributed by atoms with Gasteiger partial charge in [0, 0.05) is 18.8 Å². The average molecular weight is 397 g/mol. The molecule has 0 aliphatic heterocycles. The zero-order chi connectivity index (χ0) is 21.3. The van der Waals surface area contributed by atoms with Crippen LogP contribution in [0.4, 0.5) is 5.69 Å². The minimum Gasteiger partial charge on any atom is -0.480 e. The molecule has 6 N–H and O–H groups in total. The van der Waals surface area contributed by atoms with Crippen LogP contribution in [0.25, 0.3) is 0 Å². The Morgan fingerprint density at radius 3 is 1.75 bits per heavy atom. The first-order valence-corrected chi connectivity index (χ1v) is 8.27. The molecule has 1 unspecified atom stereocenters. The molecule has 1 atom stereocenters. The zero-order valence-corrected chi connectivity index (χ0v) is 15.0. The Morgan fingerprint density at radius 2 is 1.32 bits per heavy atom. The summed E-state index contributed by atoms with van der Waals surface area (Å²) in [6.45, 7) is -2.00. The van der Waals surface area contributed by atoms with E-state index in [1.54, 1.807) is 24.3 Å². The molecule has 11 heteroatoms. The molecule has 0 saturated carbocycles. The van der Waals surface area contributed by atoms with Gasteiger partial charge in [-0.05, 0) is 24.1 Å². The van der Waals surface area contributed by atoms with Crippen molar-refractivity contribution in [3.05, 3.63) is 29.8 Å². The fourth-order valence-corrected chi connectivity index (χ4v) is 2.63. The maximum atomic E-state index is 11.7. The molecule has 0 spiro atoms. The summed E-state index contributed by atoms with van der Waals surface area (Å²) in [5, 5.41) is 36.4. The predicted octanol–water partition coefficient (Wildman–Crippen LogP) is -0.878. The lowest BCUT2D eigenvalue weighted by Gasteiger charge is -2.29. The molecule has 1 rings (SSSR count). The zero-order valence-electron chi connectivity index (χ0n) is 15.0. The topological polar surface area (TPSA) is 182 Å². The first kappa shape index (κ1) is 22.9. The Kier molecular flexibility index (Phi) is 8.85. The molecular weight excluding hydrogens is 374 g/mol. The van der Waals surface area contributed by atoms with E-state index in [2.05, 4.69) is 0 Å². The van der Waals surface area contributed by atoms with Crippen LogP contribution in [0.15, 0.2) is 24.3 Å². The normalized spacial score (nSPS) is 12.1. The number of hydrogen-bond donors (Lipinski definition) is 5. The highest BCUT2D eigenvalue weighted by Crippen LogP contribution is 2.12. The highest BCUT2D eigenvalue weighted by atomic mass is 16.4. The molecular formula is C17H23N3O8. The number of benzene rings is 1. The van der Waals surface area contributed by atoms with Crippen LogP contribution in [0, 0.1) is 0 Å². The molecule has 0 radical (unpaired) electrons. The molecule has 0 bridgehead atoms. The van der Waals surface area contributed by atoms with Crippen LogP contribution in [-0.2, 0) is 25.6 Å². The molecule has 0 amide bonds. The van der Waals surface area contributed by atoms with Crippen molar-refractivity contribution in [1.29, 1.82) is 0 Å². The lowest BCUT2D eigenvalue weighted by Crippen LogP contribution is -2.49. The standard InChI is InChI=1S/C17H23N3O8/c18-12-3-1-11(2-4-12)7-13(17(27)28)20(10-16(25)26)6-5-19(8-14(21)22)9-15(23)24/h1-4,13H,5-10,18H2,(H,21,22)(H,23,24)(H,25,26)(H,27,28). The largest absolute Gasteiger partial charge is 0.480 e. The van der Waals surface area contributed by atoms with Gasteiger partial charge in [0.2, 0.25) is 0 Å². The van der Waals surface area contributed by atoms with E-state index in [0.29, 0.717) is 11.3 Å². The molecule has 1 aromatic rings. The molecule has 0 fully saturated rings. The van der Waals surface area contributed by atoms with Gasteiger partial charge < -0.3 is 26.2 Å². The average Bonchev–Trinajstić information content (AvgIpc) is 2.56. The molecule has 0 aliphatic rings. The fourth-order valence-electron chi connectivity index (χ4n) is 2.63. The van der Waals surface area contributed by atoms with Gasteiger partial charge in [-0.1, -0.05) is 12.1 Å². The van der Waals surface area contributed by atoms with E-state index in [1.165, 1.54) is 0 Å². The first-order chi connectivity index (χ1) is 13.1. The Morgan fingerprint density at radius 1 is 0.821 bits per heavy atom. The van der Waals surface area contributed by atoms with Crippen molar-refractivity contribution in [2.75, 3.05) is 38.5 Å². The summed E-state index contributed by atoms with van der Waals surface area (Å²) in [5.74, 6) is -5.00. The van der Waals surface area contributed by atoms with E-state index in [1.807, 2.05) is 0 Å². The third-order valence-electron chi connectivity index (χ3n) is 3.89. The molecule has 1 aromatic carbocycles. The van der Waals surface area contributed by atoms with Crippen molar-refractivity contribution in [1.82, 2.24) is 9.80 Å². The Labute approximate surface area is 160 Å². The van der Waals surface area contributed by atoms with Crippen molar-refractivity contribution in [2.45, 2.75) is 12.5 Å². The second-order valence-corrected chi connectivity index (χ2v) is 6.16. The Balaban J connectivity index is 2.95. The first-order valence-electron chi connectivity index (χ1n) is 8.27. The molecule has 0 heterocycles. The summed E-state index contributed by atoms with van der Waals surface area (Å²) in [5.41, 5.74) is 6.72. The van der Waals surface area contributed by atoms with Gasteiger partial charge in [-0.15, -0.1) is 0 Å². The fraction of sp³-hybridized carbons (Fsp3) is 0.412. The van der Waals surface area contributed by atoms with Crippen molar-refractivity contribution in [2.24, 2.45) is 0 Å². The highest BCUT2D eigenvalue weighted by Gasteiger charge is 2.28. The number of nitrogens with two attached hydrogens (primary N) is 1. The van der Waals surface area contributed by atoms with Crippen LogP contribution in [0.2, 0.25) is 0 Å². The van der Waals surface area contributed by atoms with Crippen LogP contribution < -0.4 is 5.73 Å². The van der Waals surface area contributed by atoms with Crippen molar-refractivity contribution in [3.63, 3.8) is 0 Å². The number of aliphatic carboxylic acids is 4. The minimum atomic E-state index is -1.26. The van der Waals surface area contributed by atoms with Gasteiger partial charge in [0.05, 0.1) is 19.6 Å². The van der Waals surface area contributed by atoms with Gasteiger partial charge >= 0.3 is 23.9 Å². The van der Waals surface area contributed by atoms with Gasteiger partial charge in [-0.2, -0.15) is 0 Å². The monoisotopic (exact) mass is 397 g/mol. The van der Waals surface area contributed by atoms with E-state index in [9.17, 15) is 24.3 Å². The van der Waals surface area contributed by atoms with Crippen molar-refractivity contribution in [3.8, 4) is 0 Å². The third kappa shape index (κ3) is 8.47. The Hall–Kier alpha value is -3.18. The molecule has 0 aliphatic carbocycles. The maximum absolute atomic E-state index is 11.7. The number of hydrogen-bond acceptors (Lipinski definition) is 7. The summed E-state index contributed by atoms with van der Waals surface area (Å²) in [7, 11) is 0. The van der Waals surface area contributed by atoms with Crippen LogP contribution in [0.1, 0.15) is 5.56 Å². The molecule has 0 aromatic heterocycles. The van der Waals surface area contributed by atoms with Crippen LogP contribution in [0.5, 0.6) is 0 Å². The molecule has 11 nitrogen and oxygen atoms in total. The summed E-state index contributed by atoms with van der Waals surface area (Å²) in [4.78, 5) is 46.9. The van der Waals surface area contributed by atoms with Gasteiger partial charge in [-0.3, -0.25) is 29.0 Å². The number of carboxylic acid groups (broad SMARTS) is 4. The van der Waals surface area contributed by atoms with Gasteiger partial charge in [0.1, 0.15) is 6.04 Å². The van der Waals surface area contributed by atoms with Gasteiger partial charge in [-0.25, -0.2) is 0 Å². The molecule has 28 heavy (non-hydrogen) atoms. The molecule has 154 valence electrons. The van der Waals surface area contributed by atoms with Gasteiger partial charge in [0.15, 0.2) is 0 Å². The highest BCUT2D eigenvalue weighted by molar-refractivity contribution is 5.76. The van der Waals surface area contributed by atoms with Crippen LogP contribution in [-0.4, -0.2) is 92.9 Å². The summed E-state index contributed by atoms with van der Waals surface area (Å²) >= 11 is 0. The number of nitrogens with zero attached hydrogens (tertiary/aromatic N) is 2. The maximum Gasteiger partial charge on any atom is 0.321 e. The SMILES string of the molecule is Nc1ccc(CC(C(=O)O)N(CCN(CC(=O)O)CC(=O)O)CC(=O)O)cc1. The second kappa shape index (κ2) is 10.8. The lowest BCUT2D eigenvalue weighted by atomic mass is 10.0. The number of rotatable bonds is 13. The second-order valence-electron chi connectivity index (χ2n) is 6.16. The number of nitrogen functional groups attached to an aromatic ring is 1. The minimum absolute atomic E-state index is 0.000748. The number of anilines is 1. The smallest absolute Gasteiger partial charge is 0.321 e. The van der Waals surface area contributed by atoms with E-state index in [-0.39, 0.29) is 19.5 Å². The Bertz CT molecular complexity index is 691. The van der Waals surface area contributed by atoms with E-state index < -0.39 is 49.6 Å². The van der Waals surface area contributed by atoms with E-state index in [4.69, 9.17) is 21.1 Å². The lowest BCUT2D eigenvalue weighted by molar-refractivity contribution is -0.148. The predicted molar refractivity (Wildman–Crippen MR) is 96.9 cm³/mol. The number of carbonyl (C=O) groups is 4. The van der Waals surface area contributed by atoms with Crippen molar-refractivity contribution < 1.29 is 39.6 Å². The summed E-state index contributed by atoms with van der Waals surface area (Å²) in [6, 6.07) is 5.25. The van der Waals surface area contributed by atoms with E-state index in [0.717, 1.165) is 9.80 Å². The van der Waals surface area contributed by atoms with Crippen molar-refractivity contribution >= 4 is 29.6 Å². The third-order valence-corrected chi connectivity index (χ3v) is 3.89. The van der Waals surface area contributed by atoms with Gasteiger partial charge in [0.25, 0.3) is 0 Å². The summed E-state index contributed by atoms with van der Waals surface area (Å²) < 4.78 is 0. The number of carboxylic acids is 4.